The first kappa shape index (κ1) is 23.3. The smallest absolute Gasteiger partial charge is 0.331 e. The molecule has 1 heterocycles. The Bertz CT molecular complexity index is 615. The number of carbonyl (C=O) groups is 4. The van der Waals surface area contributed by atoms with Crippen LogP contribution in [0.2, 0.25) is 0 Å². The summed E-state index contributed by atoms with van der Waals surface area (Å²) in [6, 6.07) is 0. The summed E-state index contributed by atoms with van der Waals surface area (Å²) < 4.78 is 10.9. The Morgan fingerprint density at radius 1 is 0.750 bits per heavy atom. The topological polar surface area (TPSA) is 86.7 Å². The summed E-state index contributed by atoms with van der Waals surface area (Å²) in [6.07, 6.45) is 12.5. The van der Waals surface area contributed by atoms with Crippen molar-refractivity contribution in [2.75, 3.05) is 0 Å². The fourth-order valence-electron chi connectivity index (χ4n) is 2.85. The number of carbonyl (C=O) groups excluding carboxylic acids is 4. The second-order valence-corrected chi connectivity index (χ2v) is 7.00. The molecular formula is C22H28O6. The zero-order valence-electron chi connectivity index (χ0n) is 16.7. The number of hydrogen-bond acceptors (Lipinski definition) is 6. The molecule has 0 aliphatic carbocycles. The average Bonchev–Trinajstić information content (AvgIpc) is 2.68. The lowest BCUT2D eigenvalue weighted by Crippen LogP contribution is -2.31. The Hall–Kier alpha value is -2.76. The number of hydrogen-bond donors (Lipinski definition) is 0. The van der Waals surface area contributed by atoms with Crippen molar-refractivity contribution >= 4 is 24.5 Å². The van der Waals surface area contributed by atoms with E-state index in [1.807, 2.05) is 13.8 Å². The standard InChI is InChI=1S/C22H28O6/c1-15-9-5-7-11-20(26)28-22(18(4)14-24)16(2)10-6-8-12-19(25)27-21(15)17(3)13-23/h5-18,21-22H,1-4H3/b9-5+,10-6+,11-7+,12-8+/t15-,16-,17-,18+,21-,22-/m0/s1. The van der Waals surface area contributed by atoms with Crippen LogP contribution in [0.3, 0.4) is 0 Å². The summed E-state index contributed by atoms with van der Waals surface area (Å²) in [6.45, 7) is 6.99. The normalized spacial score (nSPS) is 33.4. The van der Waals surface area contributed by atoms with Crippen LogP contribution < -0.4 is 0 Å². The van der Waals surface area contributed by atoms with Crippen molar-refractivity contribution in [3.63, 3.8) is 0 Å². The van der Waals surface area contributed by atoms with E-state index in [0.717, 1.165) is 12.6 Å². The van der Waals surface area contributed by atoms with Crippen LogP contribution in [-0.4, -0.2) is 36.7 Å². The molecule has 1 rings (SSSR count). The van der Waals surface area contributed by atoms with Gasteiger partial charge in [0.25, 0.3) is 0 Å². The van der Waals surface area contributed by atoms with E-state index in [9.17, 15) is 19.2 Å². The van der Waals surface area contributed by atoms with Gasteiger partial charge in [-0.05, 0) is 0 Å². The van der Waals surface area contributed by atoms with Crippen LogP contribution in [-0.2, 0) is 28.7 Å². The molecule has 0 radical (unpaired) electrons. The van der Waals surface area contributed by atoms with Gasteiger partial charge in [-0.15, -0.1) is 0 Å². The van der Waals surface area contributed by atoms with Gasteiger partial charge in [0.05, 0.1) is 0 Å². The van der Waals surface area contributed by atoms with Crippen LogP contribution in [0.1, 0.15) is 27.7 Å². The van der Waals surface area contributed by atoms with Crippen molar-refractivity contribution < 1.29 is 28.7 Å². The number of esters is 2. The van der Waals surface area contributed by atoms with Gasteiger partial charge < -0.3 is 19.1 Å². The first-order chi connectivity index (χ1) is 13.3. The molecule has 1 aliphatic rings. The van der Waals surface area contributed by atoms with Gasteiger partial charge >= 0.3 is 11.9 Å². The zero-order chi connectivity index (χ0) is 21.1. The van der Waals surface area contributed by atoms with Crippen LogP contribution >= 0.6 is 0 Å². The highest BCUT2D eigenvalue weighted by atomic mass is 16.5. The first-order valence-electron chi connectivity index (χ1n) is 9.31. The Kier molecular flexibility index (Phi) is 9.85. The minimum Gasteiger partial charge on any atom is -0.458 e. The van der Waals surface area contributed by atoms with Crippen LogP contribution in [0.15, 0.2) is 48.6 Å². The van der Waals surface area contributed by atoms with E-state index in [1.165, 1.54) is 24.3 Å². The van der Waals surface area contributed by atoms with Crippen LogP contribution in [0.25, 0.3) is 0 Å². The van der Waals surface area contributed by atoms with E-state index in [1.54, 1.807) is 38.2 Å². The molecule has 1 aliphatic heterocycles. The molecule has 0 saturated heterocycles. The minimum absolute atomic E-state index is 0.246. The number of cyclic esters (lactones) is 2. The summed E-state index contributed by atoms with van der Waals surface area (Å²) >= 11 is 0. The second-order valence-electron chi connectivity index (χ2n) is 7.00. The Labute approximate surface area is 166 Å². The van der Waals surface area contributed by atoms with Crippen molar-refractivity contribution in [2.45, 2.75) is 39.9 Å². The highest BCUT2D eigenvalue weighted by Crippen LogP contribution is 2.19. The number of ether oxygens (including phenoxy) is 2. The second kappa shape index (κ2) is 11.8. The highest BCUT2D eigenvalue weighted by Gasteiger charge is 2.26. The molecule has 0 unspecified atom stereocenters. The molecule has 0 aromatic heterocycles. The molecule has 6 heteroatoms. The van der Waals surface area contributed by atoms with Gasteiger partial charge in [0.2, 0.25) is 0 Å². The van der Waals surface area contributed by atoms with Crippen molar-refractivity contribution in [1.29, 1.82) is 0 Å². The number of aldehydes is 2. The number of rotatable bonds is 4. The first-order valence-corrected chi connectivity index (χ1v) is 9.31. The SMILES string of the molecule is C[C@H](C=O)[C@H]1OC(=O)/C=C/C=C/[C@H](C)[C@@H]([C@@H](C)C=O)OC(=O)/C=C/C=C/[C@@H]1C. The monoisotopic (exact) mass is 388 g/mol. The molecule has 0 fully saturated rings. The minimum atomic E-state index is -0.625. The van der Waals surface area contributed by atoms with Crippen molar-refractivity contribution in [2.24, 2.45) is 23.7 Å². The molecule has 6 atom stereocenters. The lowest BCUT2D eigenvalue weighted by molar-refractivity contribution is -0.149. The maximum atomic E-state index is 12.1. The van der Waals surface area contributed by atoms with E-state index < -0.39 is 36.0 Å². The zero-order valence-corrected chi connectivity index (χ0v) is 16.7. The molecule has 152 valence electrons. The quantitative estimate of drug-likeness (QED) is 0.544. The van der Waals surface area contributed by atoms with Crippen molar-refractivity contribution in [3.05, 3.63) is 48.6 Å². The highest BCUT2D eigenvalue weighted by molar-refractivity contribution is 5.83. The summed E-state index contributed by atoms with van der Waals surface area (Å²) in [5.74, 6) is -2.56. The summed E-state index contributed by atoms with van der Waals surface area (Å²) in [7, 11) is 0. The van der Waals surface area contributed by atoms with E-state index >= 15 is 0 Å². The molecule has 0 spiro atoms. The van der Waals surface area contributed by atoms with Gasteiger partial charge in [-0.2, -0.15) is 0 Å². The molecule has 0 aromatic carbocycles. The maximum Gasteiger partial charge on any atom is 0.331 e. The Morgan fingerprint density at radius 3 is 1.43 bits per heavy atom. The molecule has 0 saturated carbocycles. The molecule has 28 heavy (non-hydrogen) atoms. The van der Waals surface area contributed by atoms with E-state index in [-0.39, 0.29) is 11.8 Å². The summed E-state index contributed by atoms with van der Waals surface area (Å²) in [4.78, 5) is 46.5. The largest absolute Gasteiger partial charge is 0.458 e. The third-order valence-corrected chi connectivity index (χ3v) is 4.52. The molecule has 0 N–H and O–H groups in total. The fourth-order valence-corrected chi connectivity index (χ4v) is 2.85. The number of allylic oxidation sites excluding steroid dienone is 4. The predicted molar refractivity (Wildman–Crippen MR) is 105 cm³/mol. The van der Waals surface area contributed by atoms with Crippen LogP contribution in [0.4, 0.5) is 0 Å². The maximum absolute atomic E-state index is 12.1. The van der Waals surface area contributed by atoms with Gasteiger partial charge in [0.15, 0.2) is 0 Å². The van der Waals surface area contributed by atoms with Gasteiger partial charge in [-0.3, -0.25) is 0 Å². The van der Waals surface area contributed by atoms with E-state index in [4.69, 9.17) is 9.47 Å². The lowest BCUT2D eigenvalue weighted by atomic mass is 9.93. The third kappa shape index (κ3) is 7.47. The Balaban J connectivity index is 3.15. The summed E-state index contributed by atoms with van der Waals surface area (Å²) in [5.41, 5.74) is 0. The lowest BCUT2D eigenvalue weighted by Gasteiger charge is -2.24. The van der Waals surface area contributed by atoms with Crippen molar-refractivity contribution in [3.8, 4) is 0 Å². The molecular weight excluding hydrogens is 360 g/mol. The van der Waals surface area contributed by atoms with Crippen LogP contribution in [0, 0.1) is 23.7 Å². The van der Waals surface area contributed by atoms with Crippen LogP contribution in [0.5, 0.6) is 0 Å². The van der Waals surface area contributed by atoms with Gasteiger partial charge in [0, 0.05) is 35.8 Å². The van der Waals surface area contributed by atoms with E-state index in [2.05, 4.69) is 0 Å². The van der Waals surface area contributed by atoms with Gasteiger partial charge in [0.1, 0.15) is 24.8 Å². The third-order valence-electron chi connectivity index (χ3n) is 4.52. The molecule has 0 aromatic rings. The molecule has 0 bridgehead atoms. The Morgan fingerprint density at radius 2 is 1.11 bits per heavy atom. The molecule has 6 nitrogen and oxygen atoms in total. The predicted octanol–water partition coefficient (Wildman–Crippen LogP) is 2.99. The van der Waals surface area contributed by atoms with Crippen molar-refractivity contribution in [1.82, 2.24) is 0 Å². The summed E-state index contributed by atoms with van der Waals surface area (Å²) in [5, 5.41) is 0. The van der Waals surface area contributed by atoms with Gasteiger partial charge in [-0.1, -0.05) is 64.2 Å². The van der Waals surface area contributed by atoms with E-state index in [0.29, 0.717) is 0 Å². The molecule has 0 amide bonds. The average molecular weight is 388 g/mol. The fraction of sp³-hybridized carbons (Fsp3) is 0.455. The van der Waals surface area contributed by atoms with Gasteiger partial charge in [-0.25, -0.2) is 9.59 Å².